The first kappa shape index (κ1) is 21.3. The largest absolute Gasteiger partial charge is 0.493 e. The molecule has 2 aromatic carbocycles. The highest BCUT2D eigenvalue weighted by Gasteiger charge is 2.44. The van der Waals surface area contributed by atoms with Crippen molar-refractivity contribution in [2.75, 3.05) is 32.8 Å². The van der Waals surface area contributed by atoms with Crippen molar-refractivity contribution in [3.8, 4) is 5.75 Å². The van der Waals surface area contributed by atoms with Crippen molar-refractivity contribution in [1.82, 2.24) is 15.1 Å². The van der Waals surface area contributed by atoms with Crippen LogP contribution in [0.5, 0.6) is 5.75 Å². The third kappa shape index (κ3) is 4.88. The van der Waals surface area contributed by atoms with Crippen LogP contribution in [0.25, 0.3) is 0 Å². The molecule has 2 saturated heterocycles. The highest BCUT2D eigenvalue weighted by molar-refractivity contribution is 5.97. The van der Waals surface area contributed by atoms with E-state index >= 15 is 0 Å². The summed E-state index contributed by atoms with van der Waals surface area (Å²) in [5, 5.41) is 3.18. The first-order valence-electron chi connectivity index (χ1n) is 10.8. The zero-order chi connectivity index (χ0) is 21.8. The van der Waals surface area contributed by atoms with E-state index in [9.17, 15) is 14.0 Å². The fourth-order valence-corrected chi connectivity index (χ4v) is 4.56. The number of rotatable bonds is 5. The fourth-order valence-electron chi connectivity index (χ4n) is 4.56. The van der Waals surface area contributed by atoms with Crippen molar-refractivity contribution in [2.45, 2.75) is 31.8 Å². The van der Waals surface area contributed by atoms with E-state index in [0.717, 1.165) is 5.56 Å². The lowest BCUT2D eigenvalue weighted by Gasteiger charge is -2.33. The predicted molar refractivity (Wildman–Crippen MR) is 115 cm³/mol. The van der Waals surface area contributed by atoms with Gasteiger partial charge in [0.15, 0.2) is 0 Å². The molecule has 2 heterocycles. The fraction of sp³-hybridized carbons (Fsp3) is 0.417. The molecule has 7 heteroatoms. The van der Waals surface area contributed by atoms with Gasteiger partial charge in [-0.25, -0.2) is 4.39 Å². The van der Waals surface area contributed by atoms with Gasteiger partial charge in [0.05, 0.1) is 17.7 Å². The molecule has 4 rings (SSSR count). The summed E-state index contributed by atoms with van der Waals surface area (Å²) in [6.07, 6.45) is 1.07. The highest BCUT2D eigenvalue weighted by atomic mass is 19.1. The lowest BCUT2D eigenvalue weighted by Crippen LogP contribution is -2.55. The summed E-state index contributed by atoms with van der Waals surface area (Å²) in [6, 6.07) is 13.8. The zero-order valence-corrected chi connectivity index (χ0v) is 17.8. The van der Waals surface area contributed by atoms with Gasteiger partial charge in [0.2, 0.25) is 5.91 Å². The lowest BCUT2D eigenvalue weighted by molar-refractivity contribution is -0.122. The number of nitrogens with zero attached hydrogens (tertiary/aromatic N) is 2. The Balaban J connectivity index is 1.50. The molecule has 0 aliphatic carbocycles. The van der Waals surface area contributed by atoms with Gasteiger partial charge in [0, 0.05) is 39.1 Å². The number of nitrogens with one attached hydrogen (secondary N) is 1. The third-order valence-corrected chi connectivity index (χ3v) is 5.94. The van der Waals surface area contributed by atoms with Crippen LogP contribution in [0, 0.1) is 5.82 Å². The molecule has 31 heavy (non-hydrogen) atoms. The number of para-hydroxylation sites is 1. The van der Waals surface area contributed by atoms with E-state index < -0.39 is 5.54 Å². The molecule has 2 aliphatic heterocycles. The Morgan fingerprint density at radius 3 is 2.81 bits per heavy atom. The maximum absolute atomic E-state index is 13.6. The molecule has 2 aromatic rings. The van der Waals surface area contributed by atoms with Crippen molar-refractivity contribution < 1.29 is 18.7 Å². The van der Waals surface area contributed by atoms with E-state index in [1.807, 2.05) is 25.1 Å². The summed E-state index contributed by atoms with van der Waals surface area (Å²) in [5.74, 6) is 0.220. The van der Waals surface area contributed by atoms with Crippen molar-refractivity contribution in [2.24, 2.45) is 0 Å². The summed E-state index contributed by atoms with van der Waals surface area (Å²) in [5.41, 5.74) is 0.913. The minimum absolute atomic E-state index is 0.00856. The number of carbonyl (C=O) groups is 2. The van der Waals surface area contributed by atoms with Gasteiger partial charge >= 0.3 is 0 Å². The van der Waals surface area contributed by atoms with Crippen LogP contribution < -0.4 is 10.1 Å². The second-order valence-corrected chi connectivity index (χ2v) is 8.32. The topological polar surface area (TPSA) is 61.9 Å². The van der Waals surface area contributed by atoms with E-state index in [1.165, 1.54) is 12.1 Å². The molecular formula is C24H28FN3O3. The lowest BCUT2D eigenvalue weighted by atomic mass is 9.97. The van der Waals surface area contributed by atoms with Gasteiger partial charge in [-0.15, -0.1) is 0 Å². The maximum Gasteiger partial charge on any atom is 0.257 e. The molecule has 1 atom stereocenters. The Hall–Kier alpha value is -2.93. The Bertz CT molecular complexity index is 967. The monoisotopic (exact) mass is 425 g/mol. The van der Waals surface area contributed by atoms with Crippen LogP contribution in [0.4, 0.5) is 4.39 Å². The van der Waals surface area contributed by atoms with Crippen LogP contribution in [-0.2, 0) is 11.3 Å². The molecular weight excluding hydrogens is 397 g/mol. The summed E-state index contributed by atoms with van der Waals surface area (Å²) in [7, 11) is 0. The number of benzene rings is 2. The van der Waals surface area contributed by atoms with Crippen molar-refractivity contribution in [1.29, 1.82) is 0 Å². The summed E-state index contributed by atoms with van der Waals surface area (Å²) >= 11 is 0. The van der Waals surface area contributed by atoms with Crippen LogP contribution in [-0.4, -0.2) is 59.9 Å². The average molecular weight is 426 g/mol. The van der Waals surface area contributed by atoms with Gasteiger partial charge in [0.1, 0.15) is 11.6 Å². The molecule has 164 valence electrons. The molecule has 0 bridgehead atoms. The smallest absolute Gasteiger partial charge is 0.257 e. The van der Waals surface area contributed by atoms with E-state index in [0.29, 0.717) is 63.5 Å². The Morgan fingerprint density at radius 1 is 1.16 bits per heavy atom. The predicted octanol–water partition coefficient (Wildman–Crippen LogP) is 2.83. The van der Waals surface area contributed by atoms with E-state index in [4.69, 9.17) is 4.74 Å². The first-order valence-corrected chi connectivity index (χ1v) is 10.8. The summed E-state index contributed by atoms with van der Waals surface area (Å²) in [6.45, 7) is 5.16. The molecule has 6 nitrogen and oxygen atoms in total. The van der Waals surface area contributed by atoms with Gasteiger partial charge in [-0.2, -0.15) is 0 Å². The molecule has 0 aromatic heterocycles. The quantitative estimate of drug-likeness (QED) is 0.800. The van der Waals surface area contributed by atoms with E-state index in [-0.39, 0.29) is 17.6 Å². The number of halogens is 1. The van der Waals surface area contributed by atoms with Crippen molar-refractivity contribution in [3.05, 3.63) is 65.5 Å². The van der Waals surface area contributed by atoms with Crippen LogP contribution >= 0.6 is 0 Å². The first-order chi connectivity index (χ1) is 15.0. The van der Waals surface area contributed by atoms with Gasteiger partial charge in [-0.05, 0) is 43.2 Å². The van der Waals surface area contributed by atoms with E-state index in [2.05, 4.69) is 10.2 Å². The molecule has 0 radical (unpaired) electrons. The van der Waals surface area contributed by atoms with Crippen LogP contribution in [0.2, 0.25) is 0 Å². The highest BCUT2D eigenvalue weighted by Crippen LogP contribution is 2.29. The van der Waals surface area contributed by atoms with Gasteiger partial charge in [0.25, 0.3) is 5.91 Å². The zero-order valence-electron chi connectivity index (χ0n) is 17.8. The summed E-state index contributed by atoms with van der Waals surface area (Å²) < 4.78 is 19.2. The SMILES string of the molecule is CCOc1ccccc1C(=O)N1CCC2(CN(Cc3cccc(F)c3)CCC(=O)N2)C1. The number of hydrogen-bond acceptors (Lipinski definition) is 4. The number of ether oxygens (including phenoxy) is 1. The van der Waals surface area contributed by atoms with Gasteiger partial charge in [-0.1, -0.05) is 24.3 Å². The number of amides is 2. The van der Waals surface area contributed by atoms with Crippen molar-refractivity contribution >= 4 is 11.8 Å². The number of likely N-dealkylation sites (tertiary alicyclic amines) is 1. The van der Waals surface area contributed by atoms with E-state index in [1.54, 1.807) is 23.1 Å². The molecule has 1 spiro atoms. The number of carbonyl (C=O) groups excluding carboxylic acids is 2. The molecule has 2 aliphatic rings. The minimum atomic E-state index is -0.503. The van der Waals surface area contributed by atoms with Crippen LogP contribution in [0.15, 0.2) is 48.5 Å². The molecule has 0 saturated carbocycles. The van der Waals surface area contributed by atoms with Crippen molar-refractivity contribution in [3.63, 3.8) is 0 Å². The van der Waals surface area contributed by atoms with Gasteiger partial charge in [-0.3, -0.25) is 14.5 Å². The van der Waals surface area contributed by atoms with Crippen LogP contribution in [0.3, 0.4) is 0 Å². The standard InChI is InChI=1S/C24H28FN3O3/c1-2-31-21-9-4-3-8-20(21)23(30)28-13-11-24(17-28)16-27(12-10-22(29)26-24)15-18-6-5-7-19(25)14-18/h3-9,14H,2,10-13,15-17H2,1H3,(H,26,29). The minimum Gasteiger partial charge on any atom is -0.493 e. The molecule has 2 fully saturated rings. The van der Waals surface area contributed by atoms with Gasteiger partial charge < -0.3 is 15.0 Å². The normalized spacial score (nSPS) is 21.7. The third-order valence-electron chi connectivity index (χ3n) is 5.94. The Labute approximate surface area is 182 Å². The molecule has 1 N–H and O–H groups in total. The average Bonchev–Trinajstić information content (AvgIpc) is 3.08. The second-order valence-electron chi connectivity index (χ2n) is 8.32. The Kier molecular flexibility index (Phi) is 6.23. The molecule has 1 unspecified atom stereocenters. The maximum atomic E-state index is 13.6. The summed E-state index contributed by atoms with van der Waals surface area (Å²) in [4.78, 5) is 29.7. The molecule has 2 amide bonds. The number of hydrogen-bond donors (Lipinski definition) is 1. The Morgan fingerprint density at radius 2 is 2.00 bits per heavy atom. The van der Waals surface area contributed by atoms with Crippen LogP contribution in [0.1, 0.15) is 35.7 Å². The second kappa shape index (κ2) is 9.06.